The zero-order valence-electron chi connectivity index (χ0n) is 15.3. The molecule has 7 heteroatoms. The summed E-state index contributed by atoms with van der Waals surface area (Å²) in [6, 6.07) is 20.3. The maximum Gasteiger partial charge on any atom is 0.366 e. The molecule has 0 saturated carbocycles. The van der Waals surface area contributed by atoms with Gasteiger partial charge >= 0.3 is 5.69 Å². The third-order valence-corrected chi connectivity index (χ3v) is 4.40. The normalized spacial score (nSPS) is 11.7. The topological polar surface area (TPSA) is 97.2 Å². The minimum absolute atomic E-state index is 0.00938. The van der Waals surface area contributed by atoms with E-state index >= 15 is 0 Å². The van der Waals surface area contributed by atoms with Gasteiger partial charge in [0, 0.05) is 12.7 Å². The number of benzene rings is 2. The van der Waals surface area contributed by atoms with Crippen molar-refractivity contribution in [2.75, 3.05) is 6.61 Å². The minimum Gasteiger partial charge on any atom is -0.421 e. The Labute approximate surface area is 161 Å². The Kier molecular flexibility index (Phi) is 5.72. The monoisotopic (exact) mass is 377 g/mol. The van der Waals surface area contributed by atoms with Crippen LogP contribution in [0.25, 0.3) is 11.1 Å². The summed E-state index contributed by atoms with van der Waals surface area (Å²) >= 11 is 0. The van der Waals surface area contributed by atoms with Gasteiger partial charge < -0.3 is 9.94 Å². The minimum atomic E-state index is -0.947. The molecule has 3 aromatic rings. The van der Waals surface area contributed by atoms with E-state index in [1.165, 1.54) is 0 Å². The van der Waals surface area contributed by atoms with Crippen LogP contribution in [-0.2, 0) is 11.5 Å². The van der Waals surface area contributed by atoms with Gasteiger partial charge in [-0.25, -0.2) is 4.79 Å². The average Bonchev–Trinajstić information content (AvgIpc) is 2.73. The number of nitrogens with zero attached hydrogens (tertiary/aromatic N) is 3. The van der Waals surface area contributed by atoms with Crippen LogP contribution in [0, 0.1) is 11.3 Å². The second-order valence-corrected chi connectivity index (χ2v) is 6.10. The van der Waals surface area contributed by atoms with Gasteiger partial charge in [0.05, 0.1) is 11.8 Å². The number of aromatic nitrogens is 2. The second-order valence-electron chi connectivity index (χ2n) is 6.10. The summed E-state index contributed by atoms with van der Waals surface area (Å²) in [5.41, 5.74) is 0.980. The molecular weight excluding hydrogens is 358 g/mol. The molecule has 3 rings (SSSR count). The van der Waals surface area contributed by atoms with Crippen LogP contribution >= 0.6 is 0 Å². The highest BCUT2D eigenvalue weighted by atomic mass is 16.5. The van der Waals surface area contributed by atoms with E-state index in [2.05, 4.69) is 6.07 Å². The molecule has 0 aliphatic rings. The van der Waals surface area contributed by atoms with E-state index in [0.29, 0.717) is 12.2 Å². The van der Waals surface area contributed by atoms with E-state index in [-0.39, 0.29) is 17.2 Å². The predicted molar refractivity (Wildman–Crippen MR) is 103 cm³/mol. The summed E-state index contributed by atoms with van der Waals surface area (Å²) in [5, 5.41) is 19.4. The van der Waals surface area contributed by atoms with Crippen LogP contribution in [0.3, 0.4) is 0 Å². The molecular formula is C21H19N3O4. The van der Waals surface area contributed by atoms with Gasteiger partial charge in [-0.05, 0) is 23.6 Å². The number of hydrogen-bond donors (Lipinski definition) is 1. The Morgan fingerprint density at radius 1 is 1.07 bits per heavy atom. The van der Waals surface area contributed by atoms with E-state index in [1.54, 1.807) is 19.1 Å². The number of rotatable bonds is 6. The molecule has 0 spiro atoms. The van der Waals surface area contributed by atoms with Crippen molar-refractivity contribution in [3.63, 3.8) is 0 Å². The van der Waals surface area contributed by atoms with Gasteiger partial charge in [-0.1, -0.05) is 59.3 Å². The molecule has 1 heterocycles. The zero-order valence-corrected chi connectivity index (χ0v) is 15.3. The van der Waals surface area contributed by atoms with E-state index < -0.39 is 17.2 Å². The third-order valence-electron chi connectivity index (χ3n) is 4.40. The first-order valence-corrected chi connectivity index (χ1v) is 8.75. The van der Waals surface area contributed by atoms with Crippen molar-refractivity contribution in [2.24, 2.45) is 0 Å². The molecule has 1 N–H and O–H groups in total. The van der Waals surface area contributed by atoms with Gasteiger partial charge in [-0.15, -0.1) is 0 Å². The van der Waals surface area contributed by atoms with Crippen LogP contribution in [0.4, 0.5) is 0 Å². The van der Waals surface area contributed by atoms with Gasteiger partial charge in [0.1, 0.15) is 12.6 Å². The van der Waals surface area contributed by atoms with Gasteiger partial charge in [0.15, 0.2) is 0 Å². The van der Waals surface area contributed by atoms with Crippen molar-refractivity contribution < 1.29 is 9.94 Å². The highest BCUT2D eigenvalue weighted by Gasteiger charge is 2.21. The molecule has 0 fully saturated rings. The van der Waals surface area contributed by atoms with E-state index in [0.717, 1.165) is 21.8 Å². The third kappa shape index (κ3) is 3.72. The summed E-state index contributed by atoms with van der Waals surface area (Å²) in [6.07, 6.45) is 0. The standard InChI is InChI=1S/C21H19N3O4/c1-2-28-14-23-19(12-20(25)24(27)21(23)26)18(13-22)17-10-8-16(9-11-17)15-6-4-3-5-7-15/h3-12,18,27H,2,14H2,1H3. The molecule has 0 aliphatic heterocycles. The van der Waals surface area contributed by atoms with Crippen molar-refractivity contribution >= 4 is 0 Å². The molecule has 1 unspecified atom stereocenters. The fourth-order valence-electron chi connectivity index (χ4n) is 2.95. The van der Waals surface area contributed by atoms with E-state index in [4.69, 9.17) is 4.74 Å². The van der Waals surface area contributed by atoms with Crippen molar-refractivity contribution in [1.82, 2.24) is 9.30 Å². The Balaban J connectivity index is 2.06. The Morgan fingerprint density at radius 3 is 2.32 bits per heavy atom. The molecule has 1 atom stereocenters. The lowest BCUT2D eigenvalue weighted by atomic mass is 9.94. The molecule has 0 saturated heterocycles. The fraction of sp³-hybridized carbons (Fsp3) is 0.190. The summed E-state index contributed by atoms with van der Waals surface area (Å²) in [7, 11) is 0. The smallest absolute Gasteiger partial charge is 0.366 e. The molecule has 0 amide bonds. The van der Waals surface area contributed by atoms with E-state index in [1.807, 2.05) is 42.5 Å². The van der Waals surface area contributed by atoms with Crippen molar-refractivity contribution in [3.05, 3.63) is 92.8 Å². The average molecular weight is 377 g/mol. The Morgan fingerprint density at radius 2 is 1.71 bits per heavy atom. The number of hydrogen-bond acceptors (Lipinski definition) is 5. The molecule has 28 heavy (non-hydrogen) atoms. The number of ether oxygens (including phenoxy) is 1. The first kappa shape index (κ1) is 19.1. The first-order valence-electron chi connectivity index (χ1n) is 8.75. The SMILES string of the molecule is CCOCn1c(C(C#N)c2ccc(-c3ccccc3)cc2)cc(=O)n(O)c1=O. The van der Waals surface area contributed by atoms with Gasteiger partial charge in [0.25, 0.3) is 5.56 Å². The van der Waals surface area contributed by atoms with Gasteiger partial charge in [0.2, 0.25) is 0 Å². The lowest BCUT2D eigenvalue weighted by Gasteiger charge is -2.17. The Hall–Kier alpha value is -3.63. The predicted octanol–water partition coefficient (Wildman–Crippen LogP) is 2.56. The first-order chi connectivity index (χ1) is 13.6. The summed E-state index contributed by atoms with van der Waals surface area (Å²) in [5.74, 6) is -0.869. The van der Waals surface area contributed by atoms with Crippen molar-refractivity contribution in [1.29, 1.82) is 5.26 Å². The van der Waals surface area contributed by atoms with Crippen LogP contribution in [0.1, 0.15) is 24.1 Å². The Bertz CT molecular complexity index is 1110. The molecule has 2 aromatic carbocycles. The molecule has 7 nitrogen and oxygen atoms in total. The maximum absolute atomic E-state index is 12.3. The molecule has 142 valence electrons. The number of nitriles is 1. The van der Waals surface area contributed by atoms with Crippen LogP contribution in [0.2, 0.25) is 0 Å². The van der Waals surface area contributed by atoms with Crippen LogP contribution in [0.15, 0.2) is 70.3 Å². The quantitative estimate of drug-likeness (QED) is 0.666. The van der Waals surface area contributed by atoms with Crippen LogP contribution < -0.4 is 11.2 Å². The molecule has 0 radical (unpaired) electrons. The van der Waals surface area contributed by atoms with Gasteiger partial charge in [-0.2, -0.15) is 5.26 Å². The van der Waals surface area contributed by atoms with Crippen LogP contribution in [0.5, 0.6) is 0 Å². The highest BCUT2D eigenvalue weighted by Crippen LogP contribution is 2.26. The van der Waals surface area contributed by atoms with Crippen molar-refractivity contribution in [2.45, 2.75) is 19.6 Å². The summed E-state index contributed by atoms with van der Waals surface area (Å²) in [6.45, 7) is 1.91. The largest absolute Gasteiger partial charge is 0.421 e. The van der Waals surface area contributed by atoms with Crippen LogP contribution in [-0.4, -0.2) is 21.1 Å². The summed E-state index contributed by atoms with van der Waals surface area (Å²) < 4.78 is 6.37. The molecule has 1 aromatic heterocycles. The summed E-state index contributed by atoms with van der Waals surface area (Å²) in [4.78, 5) is 24.2. The lowest BCUT2D eigenvalue weighted by molar-refractivity contribution is 0.0701. The second kappa shape index (κ2) is 8.37. The highest BCUT2D eigenvalue weighted by molar-refractivity contribution is 5.63. The molecule has 0 aliphatic carbocycles. The maximum atomic E-state index is 12.3. The molecule has 0 bridgehead atoms. The fourth-order valence-corrected chi connectivity index (χ4v) is 2.95. The lowest BCUT2D eigenvalue weighted by Crippen LogP contribution is -2.41. The zero-order chi connectivity index (χ0) is 20.1. The van der Waals surface area contributed by atoms with E-state index in [9.17, 15) is 20.1 Å². The van der Waals surface area contributed by atoms with Crippen molar-refractivity contribution in [3.8, 4) is 17.2 Å². The van der Waals surface area contributed by atoms with Gasteiger partial charge in [-0.3, -0.25) is 9.36 Å².